The molecule has 0 bridgehead atoms. The SMILES string of the molecule is [2H]c1c([2H])c(Cl)c(C([2H])([2H])O)c(Cl)c1[2H]. The van der Waals surface area contributed by atoms with Crippen molar-refractivity contribution in [1.29, 1.82) is 0 Å². The molecule has 1 nitrogen and oxygen atoms in total. The predicted octanol–water partition coefficient (Wildman–Crippen LogP) is 2.49. The van der Waals surface area contributed by atoms with Crippen molar-refractivity contribution in [3.63, 3.8) is 0 Å². The lowest BCUT2D eigenvalue weighted by molar-refractivity contribution is 0.282. The van der Waals surface area contributed by atoms with E-state index in [0.29, 0.717) is 0 Å². The molecule has 10 heavy (non-hydrogen) atoms. The van der Waals surface area contributed by atoms with E-state index in [1.54, 1.807) is 0 Å². The summed E-state index contributed by atoms with van der Waals surface area (Å²) >= 11 is 11.2. The van der Waals surface area contributed by atoms with Crippen LogP contribution in [0.5, 0.6) is 0 Å². The lowest BCUT2D eigenvalue weighted by Gasteiger charge is -2.00. The lowest BCUT2D eigenvalue weighted by Crippen LogP contribution is -1.84. The Morgan fingerprint density at radius 2 is 2.00 bits per heavy atom. The Morgan fingerprint density at radius 3 is 2.40 bits per heavy atom. The lowest BCUT2D eigenvalue weighted by atomic mass is 10.2. The normalized spacial score (nSPS) is 18.5. The summed E-state index contributed by atoms with van der Waals surface area (Å²) in [6, 6.07) is -1.56. The summed E-state index contributed by atoms with van der Waals surface area (Å²) in [7, 11) is 0. The van der Waals surface area contributed by atoms with Gasteiger partial charge in [0.05, 0.1) is 13.4 Å². The molecule has 0 fully saturated rings. The molecular formula is C7H6Cl2O. The molecule has 0 heterocycles. The van der Waals surface area contributed by atoms with Gasteiger partial charge >= 0.3 is 0 Å². The molecule has 0 atom stereocenters. The molecule has 1 aromatic rings. The zero-order valence-corrected chi connectivity index (χ0v) is 6.22. The van der Waals surface area contributed by atoms with Crippen LogP contribution in [-0.4, -0.2) is 5.11 Å². The van der Waals surface area contributed by atoms with Gasteiger partial charge in [0.2, 0.25) is 0 Å². The molecule has 1 N–H and O–H groups in total. The minimum Gasteiger partial charge on any atom is -0.392 e. The first-order valence-corrected chi connectivity index (χ1v) is 3.11. The molecule has 0 aliphatic carbocycles. The van der Waals surface area contributed by atoms with Gasteiger partial charge in [0.1, 0.15) is 0 Å². The monoisotopic (exact) mass is 181 g/mol. The van der Waals surface area contributed by atoms with Crippen LogP contribution in [0.25, 0.3) is 0 Å². The average Bonchev–Trinajstić information content (AvgIpc) is 2.09. The van der Waals surface area contributed by atoms with Gasteiger partial charge in [0.15, 0.2) is 0 Å². The largest absolute Gasteiger partial charge is 0.392 e. The van der Waals surface area contributed by atoms with Crippen LogP contribution >= 0.6 is 23.2 Å². The van der Waals surface area contributed by atoms with Crippen molar-refractivity contribution in [1.82, 2.24) is 0 Å². The van der Waals surface area contributed by atoms with Crippen molar-refractivity contribution in [3.8, 4) is 0 Å². The summed E-state index contributed by atoms with van der Waals surface area (Å²) in [5.74, 6) is 0. The number of halogens is 2. The molecular weight excluding hydrogens is 171 g/mol. The second-order valence-corrected chi connectivity index (χ2v) is 2.25. The summed E-state index contributed by atoms with van der Waals surface area (Å²) in [6.45, 7) is -2.84. The maximum atomic E-state index is 9.13. The summed E-state index contributed by atoms with van der Waals surface area (Å²) < 4.78 is 36.0. The van der Waals surface area contributed by atoms with Crippen LogP contribution in [0.3, 0.4) is 0 Å². The van der Waals surface area contributed by atoms with Crippen molar-refractivity contribution >= 4 is 23.2 Å². The van der Waals surface area contributed by atoms with Crippen molar-refractivity contribution in [2.75, 3.05) is 0 Å². The van der Waals surface area contributed by atoms with Gasteiger partial charge in [-0.25, -0.2) is 0 Å². The van der Waals surface area contributed by atoms with Gasteiger partial charge in [-0.15, -0.1) is 0 Å². The highest BCUT2D eigenvalue weighted by Gasteiger charge is 2.01. The van der Waals surface area contributed by atoms with Gasteiger partial charge in [-0.1, -0.05) is 29.2 Å². The Hall–Kier alpha value is -0.240. The maximum absolute atomic E-state index is 9.13. The van der Waals surface area contributed by atoms with Gasteiger partial charge in [-0.2, -0.15) is 0 Å². The molecule has 0 aliphatic heterocycles. The van der Waals surface area contributed by atoms with Crippen molar-refractivity contribution in [3.05, 3.63) is 33.7 Å². The van der Waals surface area contributed by atoms with Crippen LogP contribution in [0.4, 0.5) is 0 Å². The van der Waals surface area contributed by atoms with Gasteiger partial charge in [-0.05, 0) is 12.1 Å². The van der Waals surface area contributed by atoms with Gasteiger partial charge in [0.25, 0.3) is 0 Å². The predicted molar refractivity (Wildman–Crippen MR) is 42.4 cm³/mol. The van der Waals surface area contributed by atoms with Crippen LogP contribution in [0.1, 0.15) is 12.4 Å². The Labute approximate surface area is 76.2 Å². The zero-order valence-electron chi connectivity index (χ0n) is 9.70. The Balaban J connectivity index is 3.68. The minimum absolute atomic E-state index is 0.450. The Morgan fingerprint density at radius 1 is 1.50 bits per heavy atom. The fraction of sp³-hybridized carbons (Fsp3) is 0.143. The maximum Gasteiger partial charge on any atom is 0.0711 e. The van der Waals surface area contributed by atoms with Crippen molar-refractivity contribution in [2.45, 2.75) is 6.56 Å². The van der Waals surface area contributed by atoms with E-state index in [-0.39, 0.29) is 0 Å². The smallest absolute Gasteiger partial charge is 0.0711 e. The molecule has 0 spiro atoms. The molecule has 54 valence electrons. The molecule has 0 aliphatic rings. The quantitative estimate of drug-likeness (QED) is 0.707. The molecule has 0 unspecified atom stereocenters. The van der Waals surface area contributed by atoms with Crippen LogP contribution in [0.2, 0.25) is 10.0 Å². The first-order valence-electron chi connectivity index (χ1n) is 4.85. The van der Waals surface area contributed by atoms with Gasteiger partial charge < -0.3 is 5.11 Å². The van der Waals surface area contributed by atoms with Crippen LogP contribution in [-0.2, 0) is 6.56 Å². The third kappa shape index (κ3) is 1.43. The number of hydrogen-bond acceptors (Lipinski definition) is 1. The second kappa shape index (κ2) is 3.24. The van der Waals surface area contributed by atoms with E-state index < -0.39 is 40.3 Å². The molecule has 1 rings (SSSR count). The van der Waals surface area contributed by atoms with Gasteiger partial charge in [0, 0.05) is 15.6 Å². The van der Waals surface area contributed by atoms with E-state index in [2.05, 4.69) is 0 Å². The van der Waals surface area contributed by atoms with Crippen molar-refractivity contribution in [2.24, 2.45) is 0 Å². The second-order valence-electron chi connectivity index (χ2n) is 1.49. The highest BCUT2D eigenvalue weighted by atomic mass is 35.5. The van der Waals surface area contributed by atoms with Crippen LogP contribution in [0.15, 0.2) is 18.1 Å². The molecule has 0 saturated carbocycles. The van der Waals surface area contributed by atoms with E-state index in [1.165, 1.54) is 0 Å². The first-order chi connectivity index (χ1) is 6.68. The van der Waals surface area contributed by atoms with E-state index in [9.17, 15) is 0 Å². The summed E-state index contributed by atoms with van der Waals surface area (Å²) in [4.78, 5) is 0. The molecule has 0 radical (unpaired) electrons. The zero-order chi connectivity index (χ0) is 12.0. The van der Waals surface area contributed by atoms with E-state index in [0.717, 1.165) is 0 Å². The third-order valence-electron chi connectivity index (χ3n) is 0.895. The molecule has 0 saturated heterocycles. The number of benzene rings is 1. The molecule has 3 heteroatoms. The summed E-state index contributed by atoms with van der Waals surface area (Å²) in [6.07, 6.45) is 0. The van der Waals surface area contributed by atoms with E-state index >= 15 is 0 Å². The Bertz CT molecular complexity index is 386. The average molecular weight is 182 g/mol. The summed E-state index contributed by atoms with van der Waals surface area (Å²) in [5.41, 5.74) is -0.545. The fourth-order valence-electron chi connectivity index (χ4n) is 0.461. The summed E-state index contributed by atoms with van der Waals surface area (Å²) in [5, 5.41) is 8.23. The highest BCUT2D eigenvalue weighted by Crippen LogP contribution is 2.23. The molecule has 0 amide bonds. The fourth-order valence-corrected chi connectivity index (χ4v) is 0.877. The van der Waals surface area contributed by atoms with Gasteiger partial charge in [-0.3, -0.25) is 0 Å². The van der Waals surface area contributed by atoms with E-state index in [1.807, 2.05) is 0 Å². The number of hydrogen-bond donors (Lipinski definition) is 1. The van der Waals surface area contributed by atoms with Crippen molar-refractivity contribution < 1.29 is 12.0 Å². The highest BCUT2D eigenvalue weighted by molar-refractivity contribution is 6.35. The molecule has 0 aromatic heterocycles. The molecule has 1 aromatic carbocycles. The topological polar surface area (TPSA) is 20.2 Å². The first kappa shape index (κ1) is 3.44. The van der Waals surface area contributed by atoms with Crippen LogP contribution in [0, 0.1) is 0 Å². The Kier molecular flexibility index (Phi) is 1.11. The third-order valence-corrected chi connectivity index (χ3v) is 1.46. The number of aliphatic hydroxyl groups is 1. The standard InChI is InChI=1S/C7H6Cl2O/c8-6-2-1-3-7(9)5(6)4-10/h1-3,10H,4H2/i1D,2D,3D,4D2. The van der Waals surface area contributed by atoms with Crippen LogP contribution < -0.4 is 0 Å². The van der Waals surface area contributed by atoms with E-state index in [4.69, 9.17) is 35.2 Å². The minimum atomic E-state index is -2.84. The number of rotatable bonds is 1.